The first-order valence-corrected chi connectivity index (χ1v) is 9.97. The van der Waals surface area contributed by atoms with E-state index in [9.17, 15) is 9.18 Å². The van der Waals surface area contributed by atoms with E-state index in [4.69, 9.17) is 9.47 Å². The van der Waals surface area contributed by atoms with Gasteiger partial charge in [-0.3, -0.25) is 4.79 Å². The first kappa shape index (κ1) is 20.5. The minimum Gasteiger partial charge on any atom is -0.380 e. The first-order chi connectivity index (χ1) is 13.5. The molecular formula is C22H24FNO3S. The highest BCUT2D eigenvalue weighted by molar-refractivity contribution is 7.21. The Morgan fingerprint density at radius 3 is 2.50 bits per heavy atom. The highest BCUT2D eigenvalue weighted by Crippen LogP contribution is 2.33. The van der Waals surface area contributed by atoms with Crippen molar-refractivity contribution in [2.24, 2.45) is 0 Å². The Morgan fingerprint density at radius 2 is 1.82 bits per heavy atom. The lowest BCUT2D eigenvalue weighted by atomic mass is 10.1. The van der Waals surface area contributed by atoms with Crippen molar-refractivity contribution in [2.75, 3.05) is 7.11 Å². The van der Waals surface area contributed by atoms with Crippen LogP contribution in [0.4, 0.5) is 4.39 Å². The second-order valence-corrected chi connectivity index (χ2v) is 7.87. The zero-order chi connectivity index (χ0) is 20.1. The number of thiophene rings is 1. The monoisotopic (exact) mass is 401 g/mol. The van der Waals surface area contributed by atoms with Gasteiger partial charge in [-0.15, -0.1) is 11.3 Å². The maximum absolute atomic E-state index is 14.3. The van der Waals surface area contributed by atoms with Gasteiger partial charge in [-0.05, 0) is 37.1 Å². The van der Waals surface area contributed by atoms with E-state index in [1.54, 1.807) is 6.07 Å². The van der Waals surface area contributed by atoms with Gasteiger partial charge >= 0.3 is 0 Å². The number of carbonyl (C=O) groups excluding carboxylic acids is 1. The molecule has 28 heavy (non-hydrogen) atoms. The summed E-state index contributed by atoms with van der Waals surface area (Å²) in [7, 11) is 1.54. The summed E-state index contributed by atoms with van der Waals surface area (Å²) in [6, 6.07) is 12.8. The lowest BCUT2D eigenvalue weighted by molar-refractivity contribution is 0.0657. The summed E-state index contributed by atoms with van der Waals surface area (Å²) in [5.41, 5.74) is 2.67. The van der Waals surface area contributed by atoms with E-state index in [0.717, 1.165) is 15.8 Å². The fraction of sp³-hybridized carbons (Fsp3) is 0.318. The fourth-order valence-corrected chi connectivity index (χ4v) is 4.05. The molecule has 0 radical (unpaired) electrons. The van der Waals surface area contributed by atoms with Gasteiger partial charge in [0.1, 0.15) is 5.82 Å². The van der Waals surface area contributed by atoms with Gasteiger partial charge in [-0.1, -0.05) is 30.3 Å². The van der Waals surface area contributed by atoms with Crippen LogP contribution in [0, 0.1) is 5.82 Å². The standard InChI is InChI=1S/C22H24FNO3S/c1-14(2)27-12-16-9-7-15(8-10-16)11-24-22(25)21-17(13-26-3)20-18(23)5-4-6-19(20)28-21/h4-10,14H,11-13H2,1-3H3,(H,24,25). The maximum Gasteiger partial charge on any atom is 0.262 e. The fourth-order valence-electron chi connectivity index (χ4n) is 2.91. The quantitative estimate of drug-likeness (QED) is 0.575. The Bertz CT molecular complexity index is 950. The van der Waals surface area contributed by atoms with Crippen LogP contribution < -0.4 is 5.32 Å². The van der Waals surface area contributed by atoms with Crippen molar-refractivity contribution in [3.05, 3.63) is 69.8 Å². The number of hydrogen-bond donors (Lipinski definition) is 1. The summed E-state index contributed by atoms with van der Waals surface area (Å²) in [6.45, 7) is 5.16. The second kappa shape index (κ2) is 9.28. The summed E-state index contributed by atoms with van der Waals surface area (Å²) in [5.74, 6) is -0.557. The number of ether oxygens (including phenoxy) is 2. The first-order valence-electron chi connectivity index (χ1n) is 9.16. The molecule has 4 nitrogen and oxygen atoms in total. The van der Waals surface area contributed by atoms with Gasteiger partial charge in [0.15, 0.2) is 0 Å². The van der Waals surface area contributed by atoms with Crippen molar-refractivity contribution in [1.82, 2.24) is 5.32 Å². The van der Waals surface area contributed by atoms with Crippen LogP contribution in [-0.4, -0.2) is 19.1 Å². The average Bonchev–Trinajstić information content (AvgIpc) is 3.05. The SMILES string of the molecule is COCc1c(C(=O)NCc2ccc(COC(C)C)cc2)sc2cccc(F)c12. The smallest absolute Gasteiger partial charge is 0.262 e. The van der Waals surface area contributed by atoms with Crippen LogP contribution in [0.5, 0.6) is 0 Å². The molecule has 1 heterocycles. The molecule has 1 aromatic heterocycles. The molecule has 0 saturated heterocycles. The van der Waals surface area contributed by atoms with Gasteiger partial charge in [0.05, 0.1) is 24.2 Å². The van der Waals surface area contributed by atoms with E-state index in [-0.39, 0.29) is 24.4 Å². The third kappa shape index (κ3) is 4.76. The number of rotatable bonds is 8. The van der Waals surface area contributed by atoms with Gasteiger partial charge in [-0.25, -0.2) is 4.39 Å². The molecule has 0 spiro atoms. The van der Waals surface area contributed by atoms with Crippen LogP contribution in [-0.2, 0) is 29.2 Å². The Labute approximate surface area is 168 Å². The minimum atomic E-state index is -0.334. The number of halogens is 1. The molecule has 2 aromatic carbocycles. The van der Waals surface area contributed by atoms with Crippen molar-refractivity contribution in [3.63, 3.8) is 0 Å². The number of benzene rings is 2. The van der Waals surface area contributed by atoms with Crippen molar-refractivity contribution in [2.45, 2.75) is 39.7 Å². The summed E-state index contributed by atoms with van der Waals surface area (Å²) in [5, 5.41) is 3.39. The topological polar surface area (TPSA) is 47.6 Å². The zero-order valence-electron chi connectivity index (χ0n) is 16.3. The van der Waals surface area contributed by atoms with Crippen LogP contribution in [0.15, 0.2) is 42.5 Å². The maximum atomic E-state index is 14.3. The number of amides is 1. The summed E-state index contributed by atoms with van der Waals surface area (Å²) < 4.78 is 25.8. The summed E-state index contributed by atoms with van der Waals surface area (Å²) in [6.07, 6.45) is 0.186. The van der Waals surface area contributed by atoms with E-state index in [1.165, 1.54) is 24.5 Å². The van der Waals surface area contributed by atoms with Crippen molar-refractivity contribution >= 4 is 27.3 Å². The number of carbonyl (C=O) groups is 1. The van der Waals surface area contributed by atoms with Gasteiger partial charge in [0, 0.05) is 29.3 Å². The molecule has 148 valence electrons. The Hall–Kier alpha value is -2.28. The van der Waals surface area contributed by atoms with Crippen LogP contribution in [0.25, 0.3) is 10.1 Å². The number of methoxy groups -OCH3 is 1. The molecule has 0 aliphatic rings. The van der Waals surface area contributed by atoms with E-state index in [1.807, 2.05) is 44.2 Å². The molecule has 1 amide bonds. The van der Waals surface area contributed by atoms with E-state index >= 15 is 0 Å². The third-order valence-corrected chi connectivity index (χ3v) is 5.51. The van der Waals surface area contributed by atoms with Crippen LogP contribution in [0.1, 0.15) is 40.2 Å². The van der Waals surface area contributed by atoms with Gasteiger partial charge in [0.25, 0.3) is 5.91 Å². The predicted molar refractivity (Wildman–Crippen MR) is 110 cm³/mol. The molecule has 0 fully saturated rings. The third-order valence-electron chi connectivity index (χ3n) is 4.32. The molecule has 3 rings (SSSR count). The predicted octanol–water partition coefficient (Wildman–Crippen LogP) is 5.04. The molecule has 0 aliphatic heterocycles. The number of fused-ring (bicyclic) bond motifs is 1. The lowest BCUT2D eigenvalue weighted by Gasteiger charge is -2.09. The number of nitrogens with one attached hydrogen (secondary N) is 1. The summed E-state index contributed by atoms with van der Waals surface area (Å²) in [4.78, 5) is 13.2. The molecule has 0 aliphatic carbocycles. The Morgan fingerprint density at radius 1 is 1.11 bits per heavy atom. The van der Waals surface area contributed by atoms with Crippen molar-refractivity contribution < 1.29 is 18.7 Å². The largest absolute Gasteiger partial charge is 0.380 e. The van der Waals surface area contributed by atoms with Crippen LogP contribution in [0.2, 0.25) is 0 Å². The van der Waals surface area contributed by atoms with Gasteiger partial charge < -0.3 is 14.8 Å². The van der Waals surface area contributed by atoms with Gasteiger partial charge in [-0.2, -0.15) is 0 Å². The van der Waals surface area contributed by atoms with Crippen LogP contribution >= 0.6 is 11.3 Å². The van der Waals surface area contributed by atoms with E-state index in [2.05, 4.69) is 5.32 Å². The molecular weight excluding hydrogens is 377 g/mol. The average molecular weight is 402 g/mol. The molecule has 6 heteroatoms. The van der Waals surface area contributed by atoms with Crippen LogP contribution in [0.3, 0.4) is 0 Å². The second-order valence-electron chi connectivity index (χ2n) is 6.81. The van der Waals surface area contributed by atoms with Crippen molar-refractivity contribution in [1.29, 1.82) is 0 Å². The van der Waals surface area contributed by atoms with Crippen molar-refractivity contribution in [3.8, 4) is 0 Å². The highest BCUT2D eigenvalue weighted by Gasteiger charge is 2.20. The summed E-state index contributed by atoms with van der Waals surface area (Å²) >= 11 is 1.28. The molecule has 3 aromatic rings. The zero-order valence-corrected chi connectivity index (χ0v) is 17.1. The normalized spacial score (nSPS) is 11.3. The molecule has 0 saturated carbocycles. The lowest BCUT2D eigenvalue weighted by Crippen LogP contribution is -2.23. The highest BCUT2D eigenvalue weighted by atomic mass is 32.1. The van der Waals surface area contributed by atoms with E-state index in [0.29, 0.717) is 29.0 Å². The number of hydrogen-bond acceptors (Lipinski definition) is 4. The molecule has 0 atom stereocenters. The van der Waals surface area contributed by atoms with Gasteiger partial charge in [0.2, 0.25) is 0 Å². The molecule has 0 unspecified atom stereocenters. The Balaban J connectivity index is 1.71. The Kier molecular flexibility index (Phi) is 6.78. The van der Waals surface area contributed by atoms with E-state index < -0.39 is 0 Å². The molecule has 0 bridgehead atoms. The molecule has 1 N–H and O–H groups in total. The minimum absolute atomic E-state index is 0.186.